The van der Waals surface area contributed by atoms with Crippen LogP contribution in [0.15, 0.2) is 35.2 Å². The van der Waals surface area contributed by atoms with Crippen LogP contribution in [0, 0.1) is 17.1 Å². The van der Waals surface area contributed by atoms with Crippen LogP contribution in [0.25, 0.3) is 6.08 Å². The monoisotopic (exact) mass is 403 g/mol. The molecule has 0 aliphatic rings. The van der Waals surface area contributed by atoms with Crippen molar-refractivity contribution >= 4 is 40.1 Å². The summed E-state index contributed by atoms with van der Waals surface area (Å²) in [5, 5.41) is 11.0. The minimum Gasteiger partial charge on any atom is -0.456 e. The van der Waals surface area contributed by atoms with E-state index in [1.807, 2.05) is 0 Å². The number of ether oxygens (including phenoxy) is 2. The number of hydrogen-bond donors (Lipinski definition) is 0. The summed E-state index contributed by atoms with van der Waals surface area (Å²) in [4.78, 5) is 29.5. The van der Waals surface area contributed by atoms with Crippen LogP contribution < -0.4 is 4.90 Å². The third-order valence-electron chi connectivity index (χ3n) is 3.45. The number of anilines is 2. The number of carbonyl (C=O) groups is 2. The summed E-state index contributed by atoms with van der Waals surface area (Å²) in [5.74, 6) is -1.80. The molecular weight excluding hydrogens is 385 g/mol. The van der Waals surface area contributed by atoms with E-state index in [1.54, 1.807) is 24.4 Å². The maximum atomic E-state index is 14.1. The number of halogens is 1. The van der Waals surface area contributed by atoms with E-state index >= 15 is 0 Å². The van der Waals surface area contributed by atoms with E-state index in [0.29, 0.717) is 0 Å². The van der Waals surface area contributed by atoms with E-state index in [-0.39, 0.29) is 28.7 Å². The van der Waals surface area contributed by atoms with E-state index in [1.165, 1.54) is 38.3 Å². The minimum absolute atomic E-state index is 0.0631. The number of amides is 1. The molecule has 1 atom stereocenters. The lowest BCUT2D eigenvalue weighted by Crippen LogP contribution is -2.23. The number of nitriles is 1. The molecule has 1 aromatic heterocycles. The zero-order valence-electron chi connectivity index (χ0n) is 15.5. The molecule has 0 bridgehead atoms. The fraction of sp³-hybridized carbons (Fsp3) is 0.263. The van der Waals surface area contributed by atoms with Crippen molar-refractivity contribution in [3.63, 3.8) is 0 Å². The molecule has 0 saturated carbocycles. The largest absolute Gasteiger partial charge is 0.456 e. The van der Waals surface area contributed by atoms with Gasteiger partial charge in [0.25, 0.3) is 0 Å². The third kappa shape index (κ3) is 5.22. The van der Waals surface area contributed by atoms with Crippen molar-refractivity contribution in [1.29, 1.82) is 5.26 Å². The van der Waals surface area contributed by atoms with Gasteiger partial charge in [-0.2, -0.15) is 5.26 Å². The van der Waals surface area contributed by atoms with Crippen LogP contribution >= 0.6 is 11.3 Å². The van der Waals surface area contributed by atoms with Gasteiger partial charge in [-0.3, -0.25) is 9.69 Å². The second-order valence-corrected chi connectivity index (χ2v) is 6.54. The average Bonchev–Trinajstić information content (AvgIpc) is 3.09. The summed E-state index contributed by atoms with van der Waals surface area (Å²) in [7, 11) is 1.47. The number of para-hydroxylation sites is 1. The van der Waals surface area contributed by atoms with E-state index in [9.17, 15) is 19.2 Å². The Hall–Kier alpha value is -3.09. The predicted octanol–water partition coefficient (Wildman–Crippen LogP) is 3.45. The van der Waals surface area contributed by atoms with Gasteiger partial charge in [-0.15, -0.1) is 11.3 Å². The standard InChI is InChI=1S/C19H18FN3O4S/c1-12(10-26-3)27-18(25)14(9-21)8-15-11-28-19(22-15)23(13(2)24)17-7-5-4-6-16(17)20/h4-8,11-12H,10H2,1-3H3/b14-8+/t12-/m1/s1. The van der Waals surface area contributed by atoms with Crippen LogP contribution in [0.1, 0.15) is 19.5 Å². The van der Waals surface area contributed by atoms with Crippen molar-refractivity contribution in [2.45, 2.75) is 20.0 Å². The number of nitrogens with zero attached hydrogens (tertiary/aromatic N) is 3. The zero-order chi connectivity index (χ0) is 20.7. The van der Waals surface area contributed by atoms with Crippen LogP contribution in [0.5, 0.6) is 0 Å². The van der Waals surface area contributed by atoms with Crippen LogP contribution in [0.3, 0.4) is 0 Å². The van der Waals surface area contributed by atoms with Crippen molar-refractivity contribution < 1.29 is 23.5 Å². The van der Waals surface area contributed by atoms with Gasteiger partial charge in [-0.25, -0.2) is 14.2 Å². The molecule has 9 heteroatoms. The Morgan fingerprint density at radius 1 is 1.43 bits per heavy atom. The number of carbonyl (C=O) groups excluding carboxylic acids is 2. The number of hydrogen-bond acceptors (Lipinski definition) is 7. The van der Waals surface area contributed by atoms with E-state index < -0.39 is 23.8 Å². The number of methoxy groups -OCH3 is 1. The molecule has 1 aromatic carbocycles. The summed E-state index contributed by atoms with van der Waals surface area (Å²) in [6.45, 7) is 3.12. The van der Waals surface area contributed by atoms with Crippen LogP contribution in [-0.4, -0.2) is 36.7 Å². The Kier molecular flexibility index (Phi) is 7.37. The first-order valence-electron chi connectivity index (χ1n) is 8.19. The summed E-state index contributed by atoms with van der Waals surface area (Å²) < 4.78 is 24.1. The second kappa shape index (κ2) is 9.73. The van der Waals surface area contributed by atoms with Gasteiger partial charge in [0.05, 0.1) is 18.0 Å². The Labute approximate surface area is 165 Å². The van der Waals surface area contributed by atoms with Gasteiger partial charge in [0.2, 0.25) is 5.91 Å². The van der Waals surface area contributed by atoms with Crippen molar-refractivity contribution in [2.24, 2.45) is 0 Å². The molecule has 7 nitrogen and oxygen atoms in total. The number of rotatable bonds is 7. The number of thiazole rings is 1. The topological polar surface area (TPSA) is 92.5 Å². The van der Waals surface area contributed by atoms with Crippen molar-refractivity contribution in [3.05, 3.63) is 46.7 Å². The van der Waals surface area contributed by atoms with E-state index in [4.69, 9.17) is 9.47 Å². The van der Waals surface area contributed by atoms with Crippen molar-refractivity contribution in [3.8, 4) is 6.07 Å². The first kappa shape index (κ1) is 21.2. The predicted molar refractivity (Wildman–Crippen MR) is 102 cm³/mol. The fourth-order valence-electron chi connectivity index (χ4n) is 2.29. The molecule has 0 fully saturated rings. The SMILES string of the molecule is COC[C@@H](C)OC(=O)/C(C#N)=C/c1csc(N(C(C)=O)c2ccccc2F)n1. The number of esters is 1. The second-order valence-electron chi connectivity index (χ2n) is 5.70. The van der Waals surface area contributed by atoms with Gasteiger partial charge < -0.3 is 9.47 Å². The molecule has 0 radical (unpaired) electrons. The van der Waals surface area contributed by atoms with Gasteiger partial charge in [0, 0.05) is 19.4 Å². The molecule has 1 heterocycles. The molecule has 1 amide bonds. The van der Waals surface area contributed by atoms with Crippen molar-refractivity contribution in [2.75, 3.05) is 18.6 Å². The van der Waals surface area contributed by atoms with Gasteiger partial charge in [0.15, 0.2) is 5.13 Å². The highest BCUT2D eigenvalue weighted by Crippen LogP contribution is 2.31. The fourth-order valence-corrected chi connectivity index (χ4v) is 3.12. The molecular formula is C19H18FN3O4S. The van der Waals surface area contributed by atoms with Gasteiger partial charge in [-0.1, -0.05) is 12.1 Å². The highest BCUT2D eigenvalue weighted by Gasteiger charge is 2.21. The van der Waals surface area contributed by atoms with Crippen LogP contribution in [0.4, 0.5) is 15.2 Å². The summed E-state index contributed by atoms with van der Waals surface area (Å²) in [6.07, 6.45) is 0.733. The first-order chi connectivity index (χ1) is 13.4. The van der Waals surface area contributed by atoms with Crippen molar-refractivity contribution in [1.82, 2.24) is 4.98 Å². The van der Waals surface area contributed by atoms with Gasteiger partial charge in [-0.05, 0) is 25.1 Å². The Morgan fingerprint density at radius 2 is 2.14 bits per heavy atom. The molecule has 0 aliphatic heterocycles. The molecule has 2 rings (SSSR count). The molecule has 0 N–H and O–H groups in total. The Morgan fingerprint density at radius 3 is 2.75 bits per heavy atom. The first-order valence-corrected chi connectivity index (χ1v) is 9.07. The van der Waals surface area contributed by atoms with E-state index in [2.05, 4.69) is 4.98 Å². The molecule has 0 spiro atoms. The van der Waals surface area contributed by atoms with Crippen LogP contribution in [-0.2, 0) is 19.1 Å². The lowest BCUT2D eigenvalue weighted by Gasteiger charge is -2.18. The van der Waals surface area contributed by atoms with Gasteiger partial charge >= 0.3 is 5.97 Å². The molecule has 0 aliphatic carbocycles. The molecule has 2 aromatic rings. The molecule has 0 saturated heterocycles. The maximum Gasteiger partial charge on any atom is 0.349 e. The lowest BCUT2D eigenvalue weighted by atomic mass is 10.2. The Bertz CT molecular complexity index is 935. The summed E-state index contributed by atoms with van der Waals surface area (Å²) >= 11 is 1.08. The quantitative estimate of drug-likeness (QED) is 0.399. The normalized spacial score (nSPS) is 12.2. The Balaban J connectivity index is 2.29. The molecule has 146 valence electrons. The minimum atomic E-state index is -0.806. The summed E-state index contributed by atoms with van der Waals surface area (Å²) in [6, 6.07) is 7.59. The lowest BCUT2D eigenvalue weighted by molar-refractivity contribution is -0.145. The zero-order valence-corrected chi connectivity index (χ0v) is 16.3. The third-order valence-corrected chi connectivity index (χ3v) is 4.30. The molecule has 0 unspecified atom stereocenters. The molecule has 28 heavy (non-hydrogen) atoms. The number of aromatic nitrogens is 1. The van der Waals surface area contributed by atoms with Crippen LogP contribution in [0.2, 0.25) is 0 Å². The maximum absolute atomic E-state index is 14.1. The van der Waals surface area contributed by atoms with Gasteiger partial charge in [0.1, 0.15) is 23.6 Å². The highest BCUT2D eigenvalue weighted by molar-refractivity contribution is 7.14. The average molecular weight is 403 g/mol. The smallest absolute Gasteiger partial charge is 0.349 e. The highest BCUT2D eigenvalue weighted by atomic mass is 32.1. The number of benzene rings is 1. The van der Waals surface area contributed by atoms with E-state index in [0.717, 1.165) is 16.2 Å². The summed E-state index contributed by atoms with van der Waals surface area (Å²) in [5.41, 5.74) is 0.0868.